The Hall–Kier alpha value is -0.680. The lowest BCUT2D eigenvalue weighted by atomic mass is 9.78. The molecule has 0 unspecified atom stereocenters. The fraction of sp³-hybridized carbons (Fsp3) is 0.846. The van der Waals surface area contributed by atoms with Crippen LogP contribution in [0, 0.1) is 5.41 Å². The zero-order valence-electron chi connectivity index (χ0n) is 11.4. The molecular formula is C13H24N2O2S. The van der Waals surface area contributed by atoms with Crippen molar-refractivity contribution in [3.05, 3.63) is 0 Å². The van der Waals surface area contributed by atoms with E-state index in [-0.39, 0.29) is 5.91 Å². The molecule has 1 aliphatic heterocycles. The predicted molar refractivity (Wildman–Crippen MR) is 76.4 cm³/mol. The van der Waals surface area contributed by atoms with Crippen LogP contribution in [0.25, 0.3) is 0 Å². The molecule has 0 spiro atoms. The largest absolute Gasteiger partial charge is 0.392 e. The van der Waals surface area contributed by atoms with Crippen molar-refractivity contribution in [1.82, 2.24) is 4.90 Å². The van der Waals surface area contributed by atoms with Crippen molar-refractivity contribution in [2.45, 2.75) is 39.5 Å². The van der Waals surface area contributed by atoms with E-state index >= 15 is 0 Å². The van der Waals surface area contributed by atoms with Gasteiger partial charge in [0.25, 0.3) is 0 Å². The molecule has 0 aliphatic carbocycles. The van der Waals surface area contributed by atoms with Gasteiger partial charge in [-0.25, -0.2) is 0 Å². The number of amides is 1. The molecule has 0 aromatic carbocycles. The van der Waals surface area contributed by atoms with Gasteiger partial charge in [-0.15, -0.1) is 0 Å². The van der Waals surface area contributed by atoms with Crippen LogP contribution in [0.3, 0.4) is 0 Å². The van der Waals surface area contributed by atoms with E-state index in [1.54, 1.807) is 0 Å². The van der Waals surface area contributed by atoms with Gasteiger partial charge in [-0.1, -0.05) is 26.1 Å². The Bertz CT molecular complexity index is 295. The van der Waals surface area contributed by atoms with Crippen LogP contribution in [-0.2, 0) is 9.53 Å². The number of rotatable bonds is 6. The van der Waals surface area contributed by atoms with Crippen LogP contribution in [0.5, 0.6) is 0 Å². The van der Waals surface area contributed by atoms with E-state index in [1.807, 2.05) is 4.90 Å². The molecule has 5 heteroatoms. The van der Waals surface area contributed by atoms with Crippen LogP contribution in [0.15, 0.2) is 0 Å². The van der Waals surface area contributed by atoms with Crippen LogP contribution in [0.1, 0.15) is 39.5 Å². The van der Waals surface area contributed by atoms with Gasteiger partial charge in [0, 0.05) is 26.3 Å². The average Bonchev–Trinajstić information content (AvgIpc) is 2.38. The fourth-order valence-electron chi connectivity index (χ4n) is 2.44. The minimum absolute atomic E-state index is 0.0991. The Morgan fingerprint density at radius 1 is 1.28 bits per heavy atom. The molecule has 1 fully saturated rings. The van der Waals surface area contributed by atoms with Gasteiger partial charge in [-0.05, 0) is 25.7 Å². The van der Waals surface area contributed by atoms with Crippen LogP contribution in [0.2, 0.25) is 0 Å². The predicted octanol–water partition coefficient (Wildman–Crippen LogP) is 1.72. The van der Waals surface area contributed by atoms with Gasteiger partial charge in [0.1, 0.15) is 5.41 Å². The Kier molecular flexibility index (Phi) is 6.02. The molecule has 0 saturated carbocycles. The molecule has 0 aromatic heterocycles. The SMILES string of the molecule is CCCN(CCC)C(=O)C1(C(N)=S)CCOCC1. The zero-order chi connectivity index (χ0) is 13.6. The smallest absolute Gasteiger partial charge is 0.235 e. The first kappa shape index (κ1) is 15.4. The number of hydrogen-bond donors (Lipinski definition) is 1. The topological polar surface area (TPSA) is 55.6 Å². The quantitative estimate of drug-likeness (QED) is 0.748. The van der Waals surface area contributed by atoms with E-state index in [0.717, 1.165) is 25.9 Å². The summed E-state index contributed by atoms with van der Waals surface area (Å²) < 4.78 is 5.34. The summed E-state index contributed by atoms with van der Waals surface area (Å²) in [6, 6.07) is 0. The van der Waals surface area contributed by atoms with Crippen molar-refractivity contribution in [1.29, 1.82) is 0 Å². The van der Waals surface area contributed by atoms with Gasteiger partial charge in [-0.2, -0.15) is 0 Å². The second kappa shape index (κ2) is 7.04. The lowest BCUT2D eigenvalue weighted by Gasteiger charge is -2.38. The van der Waals surface area contributed by atoms with Gasteiger partial charge in [0.05, 0.1) is 4.99 Å². The summed E-state index contributed by atoms with van der Waals surface area (Å²) in [5, 5.41) is 0. The number of carbonyl (C=O) groups excluding carboxylic acids is 1. The van der Waals surface area contributed by atoms with E-state index < -0.39 is 5.41 Å². The highest BCUT2D eigenvalue weighted by Crippen LogP contribution is 2.33. The standard InChI is InChI=1S/C13H24N2O2S/c1-3-7-15(8-4-2)12(16)13(11(14)18)5-9-17-10-6-13/h3-10H2,1-2H3,(H2,14,18). The maximum absolute atomic E-state index is 12.7. The molecule has 1 rings (SSSR count). The molecule has 104 valence electrons. The summed E-state index contributed by atoms with van der Waals surface area (Å²) >= 11 is 5.17. The minimum atomic E-state index is -0.669. The van der Waals surface area contributed by atoms with E-state index in [9.17, 15) is 4.79 Å². The number of nitrogens with two attached hydrogens (primary N) is 1. The number of carbonyl (C=O) groups is 1. The summed E-state index contributed by atoms with van der Waals surface area (Å²) in [5.41, 5.74) is 5.19. The van der Waals surface area contributed by atoms with Crippen LogP contribution in [-0.4, -0.2) is 42.1 Å². The number of ether oxygens (including phenoxy) is 1. The lowest BCUT2D eigenvalue weighted by molar-refractivity contribution is -0.142. The van der Waals surface area contributed by atoms with Crippen LogP contribution < -0.4 is 5.73 Å². The number of thiocarbonyl (C=S) groups is 1. The van der Waals surface area contributed by atoms with Gasteiger partial charge in [0.15, 0.2) is 0 Å². The Morgan fingerprint density at radius 3 is 2.17 bits per heavy atom. The molecule has 2 N–H and O–H groups in total. The summed E-state index contributed by atoms with van der Waals surface area (Å²) in [6.07, 6.45) is 3.14. The van der Waals surface area contributed by atoms with Gasteiger partial charge < -0.3 is 15.4 Å². The molecule has 1 heterocycles. The fourth-order valence-corrected chi connectivity index (χ4v) is 2.73. The van der Waals surface area contributed by atoms with Gasteiger partial charge >= 0.3 is 0 Å². The monoisotopic (exact) mass is 272 g/mol. The summed E-state index contributed by atoms with van der Waals surface area (Å²) in [7, 11) is 0. The third-order valence-corrected chi connectivity index (χ3v) is 3.89. The van der Waals surface area contributed by atoms with Crippen molar-refractivity contribution in [2.24, 2.45) is 11.1 Å². The number of hydrogen-bond acceptors (Lipinski definition) is 3. The Labute approximate surface area is 115 Å². The third kappa shape index (κ3) is 3.20. The van der Waals surface area contributed by atoms with Crippen LogP contribution >= 0.6 is 12.2 Å². The second-order valence-corrected chi connectivity index (χ2v) is 5.29. The molecule has 1 saturated heterocycles. The number of nitrogens with zero attached hydrogens (tertiary/aromatic N) is 1. The molecule has 0 bridgehead atoms. The Balaban J connectivity index is 2.89. The van der Waals surface area contributed by atoms with E-state index in [2.05, 4.69) is 13.8 Å². The highest BCUT2D eigenvalue weighted by atomic mass is 32.1. The van der Waals surface area contributed by atoms with Crippen molar-refractivity contribution in [2.75, 3.05) is 26.3 Å². The van der Waals surface area contributed by atoms with Gasteiger partial charge in [-0.3, -0.25) is 4.79 Å². The first-order chi connectivity index (χ1) is 8.58. The van der Waals surface area contributed by atoms with E-state index in [4.69, 9.17) is 22.7 Å². The van der Waals surface area contributed by atoms with Crippen molar-refractivity contribution >= 4 is 23.1 Å². The first-order valence-corrected chi connectivity index (χ1v) is 7.16. The molecule has 18 heavy (non-hydrogen) atoms. The summed E-state index contributed by atoms with van der Waals surface area (Å²) in [5.74, 6) is 0.0991. The van der Waals surface area contributed by atoms with E-state index in [0.29, 0.717) is 31.0 Å². The molecule has 1 amide bonds. The molecule has 0 atom stereocenters. The molecule has 0 aromatic rings. The highest BCUT2D eigenvalue weighted by molar-refractivity contribution is 7.80. The molecule has 1 aliphatic rings. The molecule has 4 nitrogen and oxygen atoms in total. The first-order valence-electron chi connectivity index (χ1n) is 6.75. The Morgan fingerprint density at radius 2 is 1.78 bits per heavy atom. The van der Waals surface area contributed by atoms with E-state index in [1.165, 1.54) is 0 Å². The van der Waals surface area contributed by atoms with Gasteiger partial charge in [0.2, 0.25) is 5.91 Å². The van der Waals surface area contributed by atoms with Crippen LogP contribution in [0.4, 0.5) is 0 Å². The highest BCUT2D eigenvalue weighted by Gasteiger charge is 2.44. The third-order valence-electron chi connectivity index (χ3n) is 3.50. The van der Waals surface area contributed by atoms with Crippen molar-refractivity contribution < 1.29 is 9.53 Å². The normalized spacial score (nSPS) is 18.3. The maximum atomic E-state index is 12.7. The summed E-state index contributed by atoms with van der Waals surface area (Å²) in [6.45, 7) is 6.83. The average molecular weight is 272 g/mol. The maximum Gasteiger partial charge on any atom is 0.235 e. The molecular weight excluding hydrogens is 248 g/mol. The van der Waals surface area contributed by atoms with Crippen molar-refractivity contribution in [3.8, 4) is 0 Å². The minimum Gasteiger partial charge on any atom is -0.392 e. The second-order valence-electron chi connectivity index (χ2n) is 4.85. The molecule has 0 radical (unpaired) electrons. The summed E-state index contributed by atoms with van der Waals surface area (Å²) in [4.78, 5) is 15.0. The zero-order valence-corrected chi connectivity index (χ0v) is 12.2. The lowest BCUT2D eigenvalue weighted by Crippen LogP contribution is -2.53. The van der Waals surface area contributed by atoms with Crippen molar-refractivity contribution in [3.63, 3.8) is 0 Å².